The van der Waals surface area contributed by atoms with E-state index >= 15 is 0 Å². The van der Waals surface area contributed by atoms with Crippen molar-refractivity contribution in [2.75, 3.05) is 33.4 Å². The number of aliphatic carboxylic acids is 1. The number of nitrogens with zero attached hydrogens (tertiary/aromatic N) is 1. The fraction of sp³-hybridized carbons (Fsp3) is 0.889. The van der Waals surface area contributed by atoms with Gasteiger partial charge in [-0.2, -0.15) is 0 Å². The Morgan fingerprint density at radius 2 is 2.14 bits per heavy atom. The van der Waals surface area contributed by atoms with Crippen LogP contribution in [0.1, 0.15) is 13.3 Å². The molecule has 5 heteroatoms. The molecule has 1 unspecified atom stereocenters. The van der Waals surface area contributed by atoms with Crippen molar-refractivity contribution in [1.82, 2.24) is 4.90 Å². The summed E-state index contributed by atoms with van der Waals surface area (Å²) in [5.74, 6) is -0.909. The van der Waals surface area contributed by atoms with E-state index in [4.69, 9.17) is 14.9 Å². The zero-order chi connectivity index (χ0) is 11.0. The molecule has 0 aromatic rings. The van der Waals surface area contributed by atoms with Crippen molar-refractivity contribution >= 4 is 5.97 Å². The van der Waals surface area contributed by atoms with Crippen LogP contribution in [-0.4, -0.2) is 60.5 Å². The van der Waals surface area contributed by atoms with Crippen LogP contribution >= 0.6 is 0 Å². The SMILES string of the molecule is CCCN(CCO)C(COC)C(=O)O. The third-order valence-corrected chi connectivity index (χ3v) is 1.95. The predicted octanol–water partition coefficient (Wildman–Crippen LogP) is -0.210. The minimum absolute atomic E-state index is 0.0342. The van der Waals surface area contributed by atoms with Crippen LogP contribution < -0.4 is 0 Å². The first-order chi connectivity index (χ1) is 6.67. The van der Waals surface area contributed by atoms with E-state index in [2.05, 4.69) is 0 Å². The zero-order valence-corrected chi connectivity index (χ0v) is 8.77. The van der Waals surface area contributed by atoms with Gasteiger partial charge in [-0.1, -0.05) is 6.92 Å². The molecule has 0 bridgehead atoms. The molecule has 0 aliphatic rings. The Hall–Kier alpha value is -0.650. The third kappa shape index (κ3) is 4.55. The second kappa shape index (κ2) is 7.73. The highest BCUT2D eigenvalue weighted by molar-refractivity contribution is 5.73. The standard InChI is InChI=1S/C9H19NO4/c1-3-4-10(5-6-11)8(7-14-2)9(12)13/h8,11H,3-7H2,1-2H3,(H,12,13). The molecule has 84 valence electrons. The summed E-state index contributed by atoms with van der Waals surface area (Å²) in [4.78, 5) is 12.6. The van der Waals surface area contributed by atoms with Crippen molar-refractivity contribution in [3.8, 4) is 0 Å². The first-order valence-electron chi connectivity index (χ1n) is 4.74. The second-order valence-electron chi connectivity index (χ2n) is 3.07. The Labute approximate surface area is 84.3 Å². The average Bonchev–Trinajstić information content (AvgIpc) is 2.13. The number of hydrogen-bond donors (Lipinski definition) is 2. The van der Waals surface area contributed by atoms with Crippen LogP contribution in [0.15, 0.2) is 0 Å². The number of carboxylic acid groups (broad SMARTS) is 1. The van der Waals surface area contributed by atoms with Gasteiger partial charge in [-0.15, -0.1) is 0 Å². The lowest BCUT2D eigenvalue weighted by molar-refractivity contribution is -0.145. The van der Waals surface area contributed by atoms with Gasteiger partial charge in [0.1, 0.15) is 6.04 Å². The molecule has 0 rings (SSSR count). The van der Waals surface area contributed by atoms with E-state index in [9.17, 15) is 4.79 Å². The van der Waals surface area contributed by atoms with Crippen LogP contribution in [0.3, 0.4) is 0 Å². The van der Waals surface area contributed by atoms with E-state index in [0.29, 0.717) is 13.1 Å². The van der Waals surface area contributed by atoms with E-state index < -0.39 is 12.0 Å². The van der Waals surface area contributed by atoms with Crippen molar-refractivity contribution in [2.24, 2.45) is 0 Å². The first-order valence-corrected chi connectivity index (χ1v) is 4.74. The Balaban J connectivity index is 4.29. The molecule has 0 aliphatic carbocycles. The molecule has 0 spiro atoms. The maximum Gasteiger partial charge on any atom is 0.323 e. The number of aliphatic hydroxyl groups is 1. The summed E-state index contributed by atoms with van der Waals surface area (Å²) in [6.07, 6.45) is 0.855. The van der Waals surface area contributed by atoms with Gasteiger partial charge in [-0.3, -0.25) is 9.69 Å². The van der Waals surface area contributed by atoms with E-state index in [1.54, 1.807) is 4.90 Å². The number of carboxylic acids is 1. The number of rotatable bonds is 8. The monoisotopic (exact) mass is 205 g/mol. The summed E-state index contributed by atoms with van der Waals surface area (Å²) in [5, 5.41) is 17.7. The third-order valence-electron chi connectivity index (χ3n) is 1.95. The topological polar surface area (TPSA) is 70.0 Å². The van der Waals surface area contributed by atoms with Gasteiger partial charge in [0, 0.05) is 13.7 Å². The predicted molar refractivity (Wildman–Crippen MR) is 52.2 cm³/mol. The Bertz CT molecular complexity index is 157. The normalized spacial score (nSPS) is 13.1. The number of ether oxygens (including phenoxy) is 1. The average molecular weight is 205 g/mol. The molecule has 5 nitrogen and oxygen atoms in total. The summed E-state index contributed by atoms with van der Waals surface area (Å²) in [6, 6.07) is -0.660. The molecule has 0 aromatic carbocycles. The number of carbonyl (C=O) groups is 1. The van der Waals surface area contributed by atoms with Gasteiger partial charge < -0.3 is 14.9 Å². The summed E-state index contributed by atoms with van der Waals surface area (Å²) in [7, 11) is 1.47. The molecular weight excluding hydrogens is 186 g/mol. The van der Waals surface area contributed by atoms with E-state index in [0.717, 1.165) is 6.42 Å². The molecule has 0 fully saturated rings. The van der Waals surface area contributed by atoms with Crippen molar-refractivity contribution in [2.45, 2.75) is 19.4 Å². The van der Waals surface area contributed by atoms with Crippen LogP contribution in [-0.2, 0) is 9.53 Å². The molecule has 2 N–H and O–H groups in total. The van der Waals surface area contributed by atoms with E-state index in [-0.39, 0.29) is 13.2 Å². The van der Waals surface area contributed by atoms with Crippen molar-refractivity contribution in [1.29, 1.82) is 0 Å². The molecule has 0 radical (unpaired) electrons. The summed E-state index contributed by atoms with van der Waals surface area (Å²) < 4.78 is 4.83. The van der Waals surface area contributed by atoms with Gasteiger partial charge in [0.05, 0.1) is 13.2 Å². The van der Waals surface area contributed by atoms with Gasteiger partial charge in [-0.25, -0.2) is 0 Å². The van der Waals surface area contributed by atoms with Crippen LogP contribution in [0.4, 0.5) is 0 Å². The Morgan fingerprint density at radius 1 is 1.50 bits per heavy atom. The van der Waals surface area contributed by atoms with Gasteiger partial charge in [0.15, 0.2) is 0 Å². The largest absolute Gasteiger partial charge is 0.480 e. The van der Waals surface area contributed by atoms with Crippen molar-refractivity contribution in [3.05, 3.63) is 0 Å². The lowest BCUT2D eigenvalue weighted by Gasteiger charge is -2.26. The maximum absolute atomic E-state index is 10.9. The minimum Gasteiger partial charge on any atom is -0.480 e. The Morgan fingerprint density at radius 3 is 2.50 bits per heavy atom. The number of aliphatic hydroxyl groups excluding tert-OH is 1. The molecule has 0 saturated heterocycles. The lowest BCUT2D eigenvalue weighted by atomic mass is 10.2. The molecule has 0 aliphatic heterocycles. The first kappa shape index (κ1) is 13.4. The van der Waals surface area contributed by atoms with Crippen molar-refractivity contribution in [3.63, 3.8) is 0 Å². The Kier molecular flexibility index (Phi) is 7.37. The van der Waals surface area contributed by atoms with Crippen LogP contribution in [0.25, 0.3) is 0 Å². The van der Waals surface area contributed by atoms with E-state index in [1.807, 2.05) is 6.92 Å². The molecule has 1 atom stereocenters. The number of hydrogen-bond acceptors (Lipinski definition) is 4. The molecule has 0 aromatic heterocycles. The lowest BCUT2D eigenvalue weighted by Crippen LogP contribution is -2.45. The summed E-state index contributed by atoms with van der Waals surface area (Å²) >= 11 is 0. The molecule has 14 heavy (non-hydrogen) atoms. The van der Waals surface area contributed by atoms with Crippen LogP contribution in [0.5, 0.6) is 0 Å². The fourth-order valence-corrected chi connectivity index (χ4v) is 1.33. The highest BCUT2D eigenvalue weighted by atomic mass is 16.5. The van der Waals surface area contributed by atoms with Gasteiger partial charge >= 0.3 is 5.97 Å². The second-order valence-corrected chi connectivity index (χ2v) is 3.07. The highest BCUT2D eigenvalue weighted by Crippen LogP contribution is 2.01. The smallest absolute Gasteiger partial charge is 0.323 e. The van der Waals surface area contributed by atoms with Crippen molar-refractivity contribution < 1.29 is 19.7 Å². The molecular formula is C9H19NO4. The summed E-state index contributed by atoms with van der Waals surface area (Å²) in [6.45, 7) is 3.11. The van der Waals surface area contributed by atoms with Gasteiger partial charge in [0.25, 0.3) is 0 Å². The minimum atomic E-state index is -0.909. The highest BCUT2D eigenvalue weighted by Gasteiger charge is 2.24. The molecule has 0 amide bonds. The van der Waals surface area contributed by atoms with Gasteiger partial charge in [0.2, 0.25) is 0 Å². The number of methoxy groups -OCH3 is 1. The molecule has 0 heterocycles. The fourth-order valence-electron chi connectivity index (χ4n) is 1.33. The van der Waals surface area contributed by atoms with E-state index in [1.165, 1.54) is 7.11 Å². The van der Waals surface area contributed by atoms with Crippen LogP contribution in [0.2, 0.25) is 0 Å². The maximum atomic E-state index is 10.9. The quantitative estimate of drug-likeness (QED) is 0.574. The van der Waals surface area contributed by atoms with Gasteiger partial charge in [-0.05, 0) is 13.0 Å². The molecule has 0 saturated carbocycles. The van der Waals surface area contributed by atoms with Crippen LogP contribution in [0, 0.1) is 0 Å². The summed E-state index contributed by atoms with van der Waals surface area (Å²) in [5.41, 5.74) is 0. The zero-order valence-electron chi connectivity index (χ0n) is 8.77.